The lowest BCUT2D eigenvalue weighted by Gasteiger charge is -1.96. The first-order valence-electron chi connectivity index (χ1n) is 3.50. The first kappa shape index (κ1) is 5.83. The molecule has 0 amide bonds. The van der Waals surface area contributed by atoms with E-state index in [-0.39, 0.29) is 5.78 Å². The van der Waals surface area contributed by atoms with E-state index >= 15 is 0 Å². The van der Waals surface area contributed by atoms with Crippen molar-refractivity contribution in [1.29, 1.82) is 0 Å². The average molecular weight is 136 g/mol. The average Bonchev–Trinajstić information content (AvgIpc) is 2.21. The summed E-state index contributed by atoms with van der Waals surface area (Å²) in [5.74, 6) is 0.788. The minimum Gasteiger partial charge on any atom is -0.299 e. The maximum atomic E-state index is 10.8. The van der Waals surface area contributed by atoms with Crippen LogP contribution in [0.1, 0.15) is 19.3 Å². The van der Waals surface area contributed by atoms with Gasteiger partial charge in [0, 0.05) is 19.3 Å². The molecule has 0 saturated heterocycles. The van der Waals surface area contributed by atoms with Gasteiger partial charge in [-0.15, -0.1) is 0 Å². The number of fused-ring (bicyclic) bond motifs is 1. The van der Waals surface area contributed by atoms with Crippen molar-refractivity contribution in [3.8, 4) is 0 Å². The quantitative estimate of drug-likeness (QED) is 0.495. The van der Waals surface area contributed by atoms with Gasteiger partial charge in [-0.05, 0) is 12.0 Å². The zero-order valence-electron chi connectivity index (χ0n) is 5.59. The summed E-state index contributed by atoms with van der Waals surface area (Å²) in [6.45, 7) is 0. The van der Waals surface area contributed by atoms with Gasteiger partial charge in [-0.3, -0.25) is 9.59 Å². The van der Waals surface area contributed by atoms with Crippen LogP contribution in [0.4, 0.5) is 0 Å². The lowest BCUT2D eigenvalue weighted by molar-refractivity contribution is -0.117. The number of hydrogen-bond donors (Lipinski definition) is 0. The molecule has 0 heterocycles. The second-order valence-corrected chi connectivity index (χ2v) is 3.01. The van der Waals surface area contributed by atoms with E-state index < -0.39 is 0 Å². The van der Waals surface area contributed by atoms with Crippen LogP contribution < -0.4 is 0 Å². The summed E-state index contributed by atoms with van der Waals surface area (Å²) in [7, 11) is 0. The highest BCUT2D eigenvalue weighted by Crippen LogP contribution is 2.35. The highest BCUT2D eigenvalue weighted by atomic mass is 16.1. The Balaban J connectivity index is 2.29. The minimum atomic E-state index is 0.201. The summed E-state index contributed by atoms with van der Waals surface area (Å²) in [5.41, 5.74) is 1.08. The third-order valence-corrected chi connectivity index (χ3v) is 2.19. The van der Waals surface area contributed by atoms with Crippen molar-refractivity contribution in [3.63, 3.8) is 0 Å². The third kappa shape index (κ3) is 0.719. The molecule has 2 heteroatoms. The minimum absolute atomic E-state index is 0.201. The molecular weight excluding hydrogens is 128 g/mol. The lowest BCUT2D eigenvalue weighted by atomic mass is 10.1. The summed E-state index contributed by atoms with van der Waals surface area (Å²) < 4.78 is 0. The maximum absolute atomic E-state index is 10.8. The van der Waals surface area contributed by atoms with Gasteiger partial charge in [-0.2, -0.15) is 0 Å². The van der Waals surface area contributed by atoms with Crippen molar-refractivity contribution in [2.45, 2.75) is 19.3 Å². The largest absolute Gasteiger partial charge is 0.299 e. The number of Topliss-reactive ketones (excluding diaryl/α,β-unsaturated/α-hetero) is 1. The van der Waals surface area contributed by atoms with Gasteiger partial charge in [-0.25, -0.2) is 0 Å². The Morgan fingerprint density at radius 3 is 2.80 bits per heavy atom. The number of rotatable bonds is 0. The maximum Gasteiger partial charge on any atom is 0.156 e. The lowest BCUT2D eigenvalue weighted by Crippen LogP contribution is -1.96. The van der Waals surface area contributed by atoms with Gasteiger partial charge in [0.05, 0.1) is 0 Å². The predicted molar refractivity (Wildman–Crippen MR) is 35.4 cm³/mol. The first-order valence-corrected chi connectivity index (χ1v) is 3.50. The Bertz CT molecular complexity index is 238. The Labute approximate surface area is 58.9 Å². The molecule has 1 atom stereocenters. The van der Waals surface area contributed by atoms with E-state index in [1.165, 1.54) is 0 Å². The molecule has 10 heavy (non-hydrogen) atoms. The molecule has 2 nitrogen and oxygen atoms in total. The van der Waals surface area contributed by atoms with Crippen LogP contribution in [0.2, 0.25) is 0 Å². The van der Waals surface area contributed by atoms with E-state index in [1.54, 1.807) is 6.08 Å². The van der Waals surface area contributed by atoms with Crippen molar-refractivity contribution < 1.29 is 9.59 Å². The topological polar surface area (TPSA) is 34.1 Å². The van der Waals surface area contributed by atoms with Crippen LogP contribution in [0, 0.1) is 5.92 Å². The molecule has 0 bridgehead atoms. The number of ketones is 2. The fourth-order valence-corrected chi connectivity index (χ4v) is 1.73. The van der Waals surface area contributed by atoms with Crippen LogP contribution in [0.15, 0.2) is 11.6 Å². The van der Waals surface area contributed by atoms with E-state index in [2.05, 4.69) is 0 Å². The Morgan fingerprint density at radius 1 is 1.30 bits per heavy atom. The monoisotopic (exact) mass is 136 g/mol. The summed E-state index contributed by atoms with van der Waals surface area (Å²) in [5, 5.41) is 0. The predicted octanol–water partition coefficient (Wildman–Crippen LogP) is 0.865. The van der Waals surface area contributed by atoms with Crippen LogP contribution in [0.25, 0.3) is 0 Å². The molecular formula is C8H8O2. The van der Waals surface area contributed by atoms with E-state index in [4.69, 9.17) is 0 Å². The fourth-order valence-electron chi connectivity index (χ4n) is 1.73. The SMILES string of the molecule is O=C1C=C2CC(=O)C[C@H]2C1. The molecule has 1 saturated carbocycles. The first-order chi connectivity index (χ1) is 4.75. The molecule has 0 aromatic rings. The molecule has 0 aromatic heterocycles. The van der Waals surface area contributed by atoms with Crippen LogP contribution in [-0.4, -0.2) is 11.6 Å². The van der Waals surface area contributed by atoms with Crippen molar-refractivity contribution >= 4 is 11.6 Å². The molecule has 0 radical (unpaired) electrons. The molecule has 1 fully saturated rings. The number of allylic oxidation sites excluding steroid dienone is 2. The van der Waals surface area contributed by atoms with Crippen molar-refractivity contribution in [2.75, 3.05) is 0 Å². The van der Waals surface area contributed by atoms with Crippen LogP contribution >= 0.6 is 0 Å². The van der Waals surface area contributed by atoms with Crippen LogP contribution in [-0.2, 0) is 9.59 Å². The molecule has 2 aliphatic carbocycles. The summed E-state index contributed by atoms with van der Waals surface area (Å²) in [6, 6.07) is 0. The molecule has 2 rings (SSSR count). The third-order valence-electron chi connectivity index (χ3n) is 2.19. The summed E-state index contributed by atoms with van der Waals surface area (Å²) in [6.07, 6.45) is 3.38. The van der Waals surface area contributed by atoms with Crippen molar-refractivity contribution in [2.24, 2.45) is 5.92 Å². The van der Waals surface area contributed by atoms with Gasteiger partial charge in [0.1, 0.15) is 5.78 Å². The summed E-state index contributed by atoms with van der Waals surface area (Å²) in [4.78, 5) is 21.6. The van der Waals surface area contributed by atoms with Crippen molar-refractivity contribution in [3.05, 3.63) is 11.6 Å². The van der Waals surface area contributed by atoms with Crippen LogP contribution in [0.3, 0.4) is 0 Å². The standard InChI is InChI=1S/C8H8O2/c9-7-1-5-2-8(10)4-6(5)3-7/h1,6H,2-4H2/t6-/m1/s1. The smallest absolute Gasteiger partial charge is 0.156 e. The molecule has 52 valence electrons. The van der Waals surface area contributed by atoms with Gasteiger partial charge in [-0.1, -0.05) is 5.57 Å². The molecule has 0 spiro atoms. The van der Waals surface area contributed by atoms with Gasteiger partial charge in [0.2, 0.25) is 0 Å². The highest BCUT2D eigenvalue weighted by molar-refractivity contribution is 5.98. The van der Waals surface area contributed by atoms with E-state index in [1.807, 2.05) is 0 Å². The highest BCUT2D eigenvalue weighted by Gasteiger charge is 2.33. The normalized spacial score (nSPS) is 30.8. The molecule has 0 aromatic carbocycles. The molecule has 2 aliphatic rings. The van der Waals surface area contributed by atoms with Gasteiger partial charge >= 0.3 is 0 Å². The second-order valence-electron chi connectivity index (χ2n) is 3.01. The number of carbonyl (C=O) groups excluding carboxylic acids is 2. The Morgan fingerprint density at radius 2 is 2.10 bits per heavy atom. The zero-order valence-corrected chi connectivity index (χ0v) is 5.59. The number of carbonyl (C=O) groups is 2. The molecule has 0 aliphatic heterocycles. The van der Waals surface area contributed by atoms with Crippen molar-refractivity contribution in [1.82, 2.24) is 0 Å². The second kappa shape index (κ2) is 1.78. The van der Waals surface area contributed by atoms with E-state index in [0.29, 0.717) is 31.0 Å². The molecule has 0 unspecified atom stereocenters. The van der Waals surface area contributed by atoms with Gasteiger partial charge in [0.25, 0.3) is 0 Å². The Kier molecular flexibility index (Phi) is 1.04. The van der Waals surface area contributed by atoms with E-state index in [9.17, 15) is 9.59 Å². The molecule has 0 N–H and O–H groups in total. The van der Waals surface area contributed by atoms with Gasteiger partial charge < -0.3 is 0 Å². The Hall–Kier alpha value is -0.920. The summed E-state index contributed by atoms with van der Waals surface area (Å²) >= 11 is 0. The van der Waals surface area contributed by atoms with Gasteiger partial charge in [0.15, 0.2) is 5.78 Å². The number of hydrogen-bond acceptors (Lipinski definition) is 2. The van der Waals surface area contributed by atoms with Crippen LogP contribution in [0.5, 0.6) is 0 Å². The fraction of sp³-hybridized carbons (Fsp3) is 0.500. The zero-order chi connectivity index (χ0) is 7.14. The van der Waals surface area contributed by atoms with E-state index in [0.717, 1.165) is 5.57 Å².